The van der Waals surface area contributed by atoms with E-state index in [1.807, 2.05) is 54.9 Å². The summed E-state index contributed by atoms with van der Waals surface area (Å²) in [6.45, 7) is 4.04. The van der Waals surface area contributed by atoms with Crippen LogP contribution in [0.2, 0.25) is 0 Å². The van der Waals surface area contributed by atoms with Crippen LogP contribution in [0.1, 0.15) is 25.6 Å². The topological polar surface area (TPSA) is 102 Å². The summed E-state index contributed by atoms with van der Waals surface area (Å²) in [6, 6.07) is 9.78. The zero-order chi connectivity index (χ0) is 18.8. The number of nitrogens with one attached hydrogen (secondary N) is 1. The molecule has 3 aromatic heterocycles. The van der Waals surface area contributed by atoms with E-state index < -0.39 is 6.10 Å². The van der Waals surface area contributed by atoms with E-state index in [1.165, 1.54) is 6.33 Å². The molecular weight excluding hydrogens is 344 g/mol. The van der Waals surface area contributed by atoms with Gasteiger partial charge in [-0.1, -0.05) is 12.1 Å². The molecule has 4 rings (SSSR count). The quantitative estimate of drug-likeness (QED) is 0.545. The largest absolute Gasteiger partial charge is 0.384 e. The van der Waals surface area contributed by atoms with E-state index in [0.717, 1.165) is 11.3 Å². The molecule has 1 aromatic carbocycles. The van der Waals surface area contributed by atoms with Gasteiger partial charge in [-0.2, -0.15) is 5.10 Å². The van der Waals surface area contributed by atoms with Gasteiger partial charge < -0.3 is 9.84 Å². The number of aromatic nitrogens is 6. The fraction of sp³-hybridized carbons (Fsp3) is 0.263. The Balaban J connectivity index is 1.65. The van der Waals surface area contributed by atoms with Crippen LogP contribution < -0.4 is 0 Å². The van der Waals surface area contributed by atoms with Gasteiger partial charge in [0, 0.05) is 17.4 Å². The van der Waals surface area contributed by atoms with Crippen LogP contribution in [0.4, 0.5) is 0 Å². The Hall–Kier alpha value is -3.10. The number of hydrogen-bond acceptors (Lipinski definition) is 6. The van der Waals surface area contributed by atoms with Gasteiger partial charge in [-0.3, -0.25) is 9.67 Å². The second-order valence-corrected chi connectivity index (χ2v) is 6.47. The van der Waals surface area contributed by atoms with Crippen molar-refractivity contribution >= 4 is 11.2 Å². The van der Waals surface area contributed by atoms with Crippen molar-refractivity contribution in [3.05, 3.63) is 54.7 Å². The maximum absolute atomic E-state index is 10.2. The van der Waals surface area contributed by atoms with Gasteiger partial charge in [0.1, 0.15) is 17.9 Å². The van der Waals surface area contributed by atoms with E-state index >= 15 is 0 Å². The van der Waals surface area contributed by atoms with Gasteiger partial charge in [0.15, 0.2) is 11.5 Å². The minimum Gasteiger partial charge on any atom is -0.384 e. The van der Waals surface area contributed by atoms with Crippen LogP contribution in [-0.4, -0.2) is 47.5 Å². The second-order valence-electron chi connectivity index (χ2n) is 6.47. The van der Waals surface area contributed by atoms with Crippen LogP contribution in [-0.2, 0) is 4.74 Å². The predicted molar refractivity (Wildman–Crippen MR) is 100 cm³/mol. The Morgan fingerprint density at radius 2 is 2.11 bits per heavy atom. The molecule has 0 aliphatic heterocycles. The zero-order valence-electron chi connectivity index (χ0n) is 15.1. The molecule has 2 N–H and O–H groups in total. The third-order valence-electron chi connectivity index (χ3n) is 4.15. The molecule has 0 amide bonds. The van der Waals surface area contributed by atoms with Crippen LogP contribution in [0, 0.1) is 0 Å². The fourth-order valence-corrected chi connectivity index (χ4v) is 2.81. The van der Waals surface area contributed by atoms with E-state index in [2.05, 4.69) is 25.1 Å². The molecule has 4 aromatic rings. The van der Waals surface area contributed by atoms with Gasteiger partial charge in [-0.15, -0.1) is 0 Å². The molecule has 0 saturated carbocycles. The average Bonchev–Trinajstić information content (AvgIpc) is 3.35. The standard InChI is InChI=1S/C19H20N6O2/c1-12(2)27-10-17(26)16-9-20-19-15(23-16)6-7-25(19)14-5-3-4-13(8-14)18-21-11-22-24-18/h3-9,11-12,17,26H,10H2,1-2H3,(H,21,22,24)/t17-/m1/s1. The van der Waals surface area contributed by atoms with Crippen molar-refractivity contribution in [3.63, 3.8) is 0 Å². The zero-order valence-corrected chi connectivity index (χ0v) is 15.1. The highest BCUT2D eigenvalue weighted by Gasteiger charge is 2.14. The lowest BCUT2D eigenvalue weighted by molar-refractivity contribution is 0.00326. The normalized spacial score (nSPS) is 12.7. The van der Waals surface area contributed by atoms with Crippen molar-refractivity contribution in [3.8, 4) is 17.1 Å². The van der Waals surface area contributed by atoms with Crippen molar-refractivity contribution in [2.24, 2.45) is 0 Å². The molecular formula is C19H20N6O2. The summed E-state index contributed by atoms with van der Waals surface area (Å²) in [5.41, 5.74) is 3.78. The first kappa shape index (κ1) is 17.3. The lowest BCUT2D eigenvalue weighted by Crippen LogP contribution is -2.13. The molecule has 8 heteroatoms. The van der Waals surface area contributed by atoms with Crippen LogP contribution in [0.5, 0.6) is 0 Å². The molecule has 0 aliphatic carbocycles. The number of fused-ring (bicyclic) bond motifs is 1. The number of rotatable bonds is 6. The Labute approximate surface area is 155 Å². The van der Waals surface area contributed by atoms with Gasteiger partial charge in [-0.05, 0) is 32.0 Å². The summed E-state index contributed by atoms with van der Waals surface area (Å²) in [5, 5.41) is 17.0. The Morgan fingerprint density at radius 3 is 2.89 bits per heavy atom. The Morgan fingerprint density at radius 1 is 1.22 bits per heavy atom. The van der Waals surface area contributed by atoms with E-state index in [1.54, 1.807) is 6.20 Å². The Bertz CT molecular complexity index is 1040. The molecule has 0 fully saturated rings. The maximum atomic E-state index is 10.2. The number of hydrogen-bond donors (Lipinski definition) is 2. The number of aromatic amines is 1. The monoisotopic (exact) mass is 364 g/mol. The summed E-state index contributed by atoms with van der Waals surface area (Å²) < 4.78 is 7.40. The first-order chi connectivity index (χ1) is 13.1. The average molecular weight is 364 g/mol. The minimum absolute atomic E-state index is 0.0501. The van der Waals surface area contributed by atoms with Gasteiger partial charge in [0.05, 0.1) is 24.6 Å². The van der Waals surface area contributed by atoms with Crippen LogP contribution >= 0.6 is 0 Å². The summed E-state index contributed by atoms with van der Waals surface area (Å²) >= 11 is 0. The number of ether oxygens (including phenoxy) is 1. The van der Waals surface area contributed by atoms with E-state index in [-0.39, 0.29) is 12.7 Å². The third-order valence-corrected chi connectivity index (χ3v) is 4.15. The van der Waals surface area contributed by atoms with Crippen molar-refractivity contribution in [1.82, 2.24) is 29.7 Å². The fourth-order valence-electron chi connectivity index (χ4n) is 2.81. The van der Waals surface area contributed by atoms with Crippen molar-refractivity contribution in [1.29, 1.82) is 0 Å². The van der Waals surface area contributed by atoms with Gasteiger partial charge in [-0.25, -0.2) is 15.0 Å². The molecule has 0 saturated heterocycles. The van der Waals surface area contributed by atoms with Gasteiger partial charge in [0.25, 0.3) is 0 Å². The highest BCUT2D eigenvalue weighted by Crippen LogP contribution is 2.23. The van der Waals surface area contributed by atoms with Gasteiger partial charge in [0.2, 0.25) is 0 Å². The molecule has 0 bridgehead atoms. The maximum Gasteiger partial charge on any atom is 0.163 e. The van der Waals surface area contributed by atoms with Crippen molar-refractivity contribution < 1.29 is 9.84 Å². The SMILES string of the molecule is CC(C)OC[C@@H](O)c1cnc2c(ccn2-c2cccc(-c3ncn[nH]3)c2)n1. The lowest BCUT2D eigenvalue weighted by atomic mass is 10.2. The molecule has 138 valence electrons. The van der Waals surface area contributed by atoms with Crippen molar-refractivity contribution in [2.45, 2.75) is 26.1 Å². The first-order valence-corrected chi connectivity index (χ1v) is 8.71. The molecule has 3 heterocycles. The molecule has 1 atom stereocenters. The van der Waals surface area contributed by atoms with E-state index in [0.29, 0.717) is 22.7 Å². The number of benzene rings is 1. The minimum atomic E-state index is -0.803. The van der Waals surface area contributed by atoms with Gasteiger partial charge >= 0.3 is 0 Å². The molecule has 0 unspecified atom stereocenters. The summed E-state index contributed by atoms with van der Waals surface area (Å²) in [6.07, 6.45) is 4.23. The summed E-state index contributed by atoms with van der Waals surface area (Å²) in [5.74, 6) is 0.704. The van der Waals surface area contributed by atoms with Crippen molar-refractivity contribution in [2.75, 3.05) is 6.61 Å². The molecule has 27 heavy (non-hydrogen) atoms. The molecule has 8 nitrogen and oxygen atoms in total. The van der Waals surface area contributed by atoms with Crippen LogP contribution in [0.15, 0.2) is 49.1 Å². The number of aliphatic hydroxyl groups is 1. The lowest BCUT2D eigenvalue weighted by Gasteiger charge is -2.13. The first-order valence-electron chi connectivity index (χ1n) is 8.71. The molecule has 0 radical (unpaired) electrons. The number of H-pyrrole nitrogens is 1. The third kappa shape index (κ3) is 3.57. The number of aliphatic hydroxyl groups excluding tert-OH is 1. The smallest absolute Gasteiger partial charge is 0.163 e. The predicted octanol–water partition coefficient (Wildman–Crippen LogP) is 2.66. The summed E-state index contributed by atoms with van der Waals surface area (Å²) in [7, 11) is 0. The van der Waals surface area contributed by atoms with Crippen LogP contribution in [0.25, 0.3) is 28.2 Å². The van der Waals surface area contributed by atoms with Crippen LogP contribution in [0.3, 0.4) is 0 Å². The van der Waals surface area contributed by atoms with E-state index in [4.69, 9.17) is 4.74 Å². The Kier molecular flexibility index (Phi) is 4.66. The number of nitrogens with zero attached hydrogens (tertiary/aromatic N) is 5. The summed E-state index contributed by atoms with van der Waals surface area (Å²) in [4.78, 5) is 13.2. The molecule has 0 spiro atoms. The second kappa shape index (κ2) is 7.26. The highest BCUT2D eigenvalue weighted by molar-refractivity contribution is 5.74. The van der Waals surface area contributed by atoms with E-state index in [9.17, 15) is 5.11 Å². The highest BCUT2D eigenvalue weighted by atomic mass is 16.5. The molecule has 0 aliphatic rings.